The predicted molar refractivity (Wildman–Crippen MR) is 214 cm³/mol. The first-order chi connectivity index (χ1) is 27.0. The molecule has 288 valence electrons. The van der Waals surface area contributed by atoms with E-state index in [1.807, 2.05) is 18.2 Å². The van der Waals surface area contributed by atoms with Crippen LogP contribution < -0.4 is 29.2 Å². The predicted octanol–water partition coefficient (Wildman–Crippen LogP) is 7.24. The van der Waals surface area contributed by atoms with Crippen molar-refractivity contribution in [2.45, 2.75) is 51.6 Å². The van der Waals surface area contributed by atoms with Crippen LogP contribution in [-0.2, 0) is 25.7 Å². The van der Waals surface area contributed by atoms with Crippen molar-refractivity contribution in [1.82, 2.24) is 10.3 Å². The number of aromatic hydroxyl groups is 1. The van der Waals surface area contributed by atoms with Crippen molar-refractivity contribution in [3.8, 4) is 39.9 Å². The maximum absolute atomic E-state index is 14.2. The van der Waals surface area contributed by atoms with Crippen LogP contribution in [0.3, 0.4) is 0 Å². The number of anilines is 1. The number of methoxy groups -OCH3 is 1. The normalized spacial score (nSPS) is 15.4. The fraction of sp³-hybridized carbons (Fsp3) is 0.356. The molecule has 1 unspecified atom stereocenters. The van der Waals surface area contributed by atoms with E-state index in [1.54, 1.807) is 31.4 Å². The van der Waals surface area contributed by atoms with Crippen molar-refractivity contribution in [2.75, 3.05) is 58.0 Å². The summed E-state index contributed by atoms with van der Waals surface area (Å²) in [6.45, 7) is 6.44. The minimum atomic E-state index is -0.580. The van der Waals surface area contributed by atoms with Crippen LogP contribution in [0.2, 0.25) is 0 Å². The molecule has 10 nitrogen and oxygen atoms in total. The van der Waals surface area contributed by atoms with Crippen LogP contribution in [0.15, 0.2) is 84.9 Å². The number of aromatic amines is 1. The molecule has 0 saturated carbocycles. The summed E-state index contributed by atoms with van der Waals surface area (Å²) in [5.41, 5.74) is 7.64. The first-order valence-corrected chi connectivity index (χ1v) is 19.4. The summed E-state index contributed by atoms with van der Waals surface area (Å²) < 4.78 is 25.7. The second-order valence-electron chi connectivity index (χ2n) is 14.1. The molecule has 4 N–H and O–H groups in total. The third kappa shape index (κ3) is 8.61. The van der Waals surface area contributed by atoms with Gasteiger partial charge in [-0.15, -0.1) is 0 Å². The highest BCUT2D eigenvalue weighted by Gasteiger charge is 2.38. The molecule has 0 bridgehead atoms. The van der Waals surface area contributed by atoms with Crippen LogP contribution in [-0.4, -0.2) is 74.1 Å². The highest BCUT2D eigenvalue weighted by atomic mass is 16.5. The molecule has 3 heterocycles. The van der Waals surface area contributed by atoms with Gasteiger partial charge in [0.1, 0.15) is 29.0 Å². The van der Waals surface area contributed by atoms with Gasteiger partial charge < -0.3 is 44.4 Å². The lowest BCUT2D eigenvalue weighted by molar-refractivity contribution is 0.0836. The lowest BCUT2D eigenvalue weighted by Gasteiger charge is -2.31. The number of ketones is 1. The van der Waals surface area contributed by atoms with Gasteiger partial charge in [0.2, 0.25) is 5.75 Å². The maximum Gasteiger partial charge on any atom is 0.204 e. The molecule has 0 amide bonds. The molecule has 0 aliphatic carbocycles. The first-order valence-electron chi connectivity index (χ1n) is 19.4. The van der Waals surface area contributed by atoms with Crippen molar-refractivity contribution in [3.63, 3.8) is 0 Å². The minimum Gasteiger partial charge on any atom is -0.508 e. The molecule has 0 spiro atoms. The summed E-state index contributed by atoms with van der Waals surface area (Å²) >= 11 is 0. The van der Waals surface area contributed by atoms with E-state index in [2.05, 4.69) is 64.6 Å². The van der Waals surface area contributed by atoms with E-state index in [4.69, 9.17) is 18.9 Å². The van der Waals surface area contributed by atoms with E-state index in [0.717, 1.165) is 66.2 Å². The molecule has 1 atom stereocenters. The molecule has 4 aromatic carbocycles. The van der Waals surface area contributed by atoms with E-state index in [1.165, 1.54) is 11.3 Å². The van der Waals surface area contributed by atoms with E-state index in [-0.39, 0.29) is 36.9 Å². The molecular formula is C45H51N3O7. The molecule has 55 heavy (non-hydrogen) atoms. The quantitative estimate of drug-likeness (QED) is 0.0774. The molecule has 1 saturated heterocycles. The highest BCUT2D eigenvalue weighted by Crippen LogP contribution is 2.53. The van der Waals surface area contributed by atoms with Gasteiger partial charge in [0, 0.05) is 62.4 Å². The van der Waals surface area contributed by atoms with Gasteiger partial charge in [-0.1, -0.05) is 73.7 Å². The smallest absolute Gasteiger partial charge is 0.204 e. The Kier molecular flexibility index (Phi) is 12.2. The second-order valence-corrected chi connectivity index (χ2v) is 14.1. The Morgan fingerprint density at radius 2 is 1.62 bits per heavy atom. The maximum atomic E-state index is 14.2. The van der Waals surface area contributed by atoms with Crippen LogP contribution in [0.4, 0.5) is 5.82 Å². The molecule has 1 fully saturated rings. The molecule has 1 aromatic heterocycles. The number of phenolic OH excluding ortho intramolecular Hbond substituents is 1. The topological polar surface area (TPSA) is 126 Å². The number of aromatic nitrogens is 1. The summed E-state index contributed by atoms with van der Waals surface area (Å²) in [6.07, 6.45) is 2.59. The Labute approximate surface area is 323 Å². The average Bonchev–Trinajstić information content (AvgIpc) is 3.66. The van der Waals surface area contributed by atoms with Gasteiger partial charge in [-0.2, -0.15) is 0 Å². The number of aliphatic hydroxyl groups excluding tert-OH is 1. The Bertz CT molecular complexity index is 2060. The van der Waals surface area contributed by atoms with Crippen molar-refractivity contribution in [1.29, 1.82) is 0 Å². The van der Waals surface area contributed by atoms with Gasteiger partial charge in [-0.3, -0.25) is 4.79 Å². The van der Waals surface area contributed by atoms with Crippen molar-refractivity contribution in [3.05, 3.63) is 118 Å². The molecule has 10 heteroatoms. The van der Waals surface area contributed by atoms with Gasteiger partial charge in [0.25, 0.3) is 0 Å². The average molecular weight is 746 g/mol. The number of H-pyrrole nitrogens is 1. The van der Waals surface area contributed by atoms with Crippen LogP contribution >= 0.6 is 0 Å². The van der Waals surface area contributed by atoms with Gasteiger partial charge in [0.05, 0.1) is 26.7 Å². The van der Waals surface area contributed by atoms with Crippen LogP contribution in [0.5, 0.6) is 28.7 Å². The number of piperazine rings is 1. The van der Waals surface area contributed by atoms with Gasteiger partial charge in [0.15, 0.2) is 17.3 Å². The lowest BCUT2D eigenvalue weighted by atomic mass is 9.90. The number of hydrogen-bond donors (Lipinski definition) is 4. The van der Waals surface area contributed by atoms with Gasteiger partial charge in [-0.05, 0) is 59.7 Å². The Balaban J connectivity index is 1.28. The van der Waals surface area contributed by atoms with E-state index < -0.39 is 6.10 Å². The summed E-state index contributed by atoms with van der Waals surface area (Å²) in [5, 5.41) is 23.0. The summed E-state index contributed by atoms with van der Waals surface area (Å²) in [6, 6.07) is 27.8. The number of carbonyl (C=O) groups is 1. The van der Waals surface area contributed by atoms with Crippen LogP contribution in [0.25, 0.3) is 11.1 Å². The Morgan fingerprint density at radius 1 is 0.855 bits per heavy atom. The number of nitrogens with one attached hydrogen (secondary N) is 2. The number of ether oxygens (including phenoxy) is 4. The second kappa shape index (κ2) is 17.8. The third-order valence-electron chi connectivity index (χ3n) is 10.4. The minimum absolute atomic E-state index is 0.0608. The number of fused-ring (bicyclic) bond motifs is 1. The van der Waals surface area contributed by atoms with Gasteiger partial charge in [-0.25, -0.2) is 0 Å². The number of carbonyl (C=O) groups excluding carboxylic acids is 1. The number of benzene rings is 4. The zero-order valence-electron chi connectivity index (χ0n) is 31.7. The number of rotatable bonds is 16. The number of aliphatic hydroxyl groups is 1. The Hall–Kier alpha value is -5.45. The largest absolute Gasteiger partial charge is 0.508 e. The number of phenols is 1. The third-order valence-corrected chi connectivity index (χ3v) is 10.4. The molecule has 2 aliphatic heterocycles. The molecule has 2 aliphatic rings. The standard InChI is InChI=1S/C45H51N3O7/c1-3-34-28-37(45(47-34)48-22-20-46-21-23-48)33-12-7-11-31(27-33)13-18-36-41-40(38(51)29-39(55-41)32-14-16-35(50)17-15-32)43(53-25-8-24-49)44(52-2)42(36)54-26-19-30-9-5-4-6-10-30/h4-7,9-12,14-17,27-28,39,46-47,49-50H,3,8,13,18-26,29H2,1-2H3. The lowest BCUT2D eigenvalue weighted by Crippen LogP contribution is -2.43. The zero-order chi connectivity index (χ0) is 38.1. The zero-order valence-corrected chi connectivity index (χ0v) is 31.7. The van der Waals surface area contributed by atoms with Crippen molar-refractivity contribution >= 4 is 11.6 Å². The fourth-order valence-corrected chi connectivity index (χ4v) is 7.49. The van der Waals surface area contributed by atoms with Gasteiger partial charge >= 0.3 is 0 Å². The van der Waals surface area contributed by atoms with Crippen molar-refractivity contribution in [2.24, 2.45) is 0 Å². The summed E-state index contributed by atoms with van der Waals surface area (Å²) in [4.78, 5) is 20.3. The van der Waals surface area contributed by atoms with E-state index >= 15 is 0 Å². The first kappa shape index (κ1) is 37.8. The molecule has 5 aromatic rings. The van der Waals surface area contributed by atoms with Crippen LogP contribution in [0.1, 0.15) is 64.2 Å². The number of Topliss-reactive ketones (excluding diaryl/α,β-unsaturated/α-hetero) is 1. The summed E-state index contributed by atoms with van der Waals surface area (Å²) in [5.74, 6) is 2.65. The van der Waals surface area contributed by atoms with Crippen LogP contribution in [0, 0.1) is 0 Å². The number of hydrogen-bond acceptors (Lipinski definition) is 9. The Morgan fingerprint density at radius 3 is 2.36 bits per heavy atom. The fourth-order valence-electron chi connectivity index (χ4n) is 7.49. The SMILES string of the molecule is CCc1cc(-c2cccc(CCc3c(OCCc4ccccc4)c(OC)c(OCCCO)c4c3OC(c3ccc(O)cc3)CC4=O)c2)c(N2CCNCC2)[nH]1. The molecule has 0 radical (unpaired) electrons. The van der Waals surface area contributed by atoms with Crippen molar-refractivity contribution < 1.29 is 34.0 Å². The number of aryl methyl sites for hydroxylation is 2. The molecular weight excluding hydrogens is 695 g/mol. The monoisotopic (exact) mass is 745 g/mol. The number of nitrogens with zero attached hydrogens (tertiary/aromatic N) is 1. The molecule has 7 rings (SSSR count). The van der Waals surface area contributed by atoms with E-state index in [0.29, 0.717) is 55.1 Å². The summed E-state index contributed by atoms with van der Waals surface area (Å²) in [7, 11) is 1.56. The van der Waals surface area contributed by atoms with E-state index in [9.17, 15) is 15.0 Å². The highest BCUT2D eigenvalue weighted by molar-refractivity contribution is 6.04.